The van der Waals surface area contributed by atoms with Crippen LogP contribution in [0.5, 0.6) is 0 Å². The van der Waals surface area contributed by atoms with Crippen molar-refractivity contribution in [1.82, 2.24) is 4.90 Å². The fourth-order valence-corrected chi connectivity index (χ4v) is 9.23. The predicted octanol–water partition coefficient (Wildman–Crippen LogP) is 7.87. The molecule has 42 heavy (non-hydrogen) atoms. The molecule has 3 aliphatic rings. The molecule has 1 radical (unpaired) electrons. The molecule has 0 aliphatic heterocycles. The quantitative estimate of drug-likeness (QED) is 0.107. The number of nitrogens with zero attached hydrogens (tertiary/aromatic N) is 1. The Labute approximate surface area is 264 Å². The first-order valence-corrected chi connectivity index (χ1v) is 16.3. The van der Waals surface area contributed by atoms with Crippen molar-refractivity contribution in [3.8, 4) is 0 Å². The van der Waals surface area contributed by atoms with Gasteiger partial charge < -0.3 is 4.90 Å². The van der Waals surface area contributed by atoms with Crippen LogP contribution in [0.1, 0.15) is 6.92 Å². The van der Waals surface area contributed by atoms with Crippen LogP contribution in [0.4, 0.5) is 0 Å². The van der Waals surface area contributed by atoms with Gasteiger partial charge in [0.2, 0.25) is 0 Å². The Morgan fingerprint density at radius 2 is 1.36 bits per heavy atom. The predicted molar refractivity (Wildman–Crippen MR) is 178 cm³/mol. The number of hydrogen-bond acceptors (Lipinski definition) is 1. The summed E-state index contributed by atoms with van der Waals surface area (Å²) in [4.78, 5) is 2.25. The molecule has 1 unspecified atom stereocenters. The van der Waals surface area contributed by atoms with Crippen molar-refractivity contribution in [2.75, 3.05) is 14.1 Å². The van der Waals surface area contributed by atoms with Crippen LogP contribution < -0.4 is 15.9 Å². The number of benzene rings is 3. The third kappa shape index (κ3) is 7.74. The summed E-state index contributed by atoms with van der Waals surface area (Å²) in [6.45, 7) is 2.25. The van der Waals surface area contributed by atoms with Gasteiger partial charge in [0, 0.05) is 11.6 Å². The molecular formula is C38H32FeNP2. The Bertz CT molecular complexity index is 1620. The average molecular weight is 620 g/mol. The minimum atomic E-state index is -0.583. The molecule has 0 saturated heterocycles. The zero-order valence-electron chi connectivity index (χ0n) is 24.0. The minimum Gasteiger partial charge on any atom is -0.302 e. The van der Waals surface area contributed by atoms with Gasteiger partial charge in [-0.1, -0.05) is 96.3 Å². The second-order valence-corrected chi connectivity index (χ2v) is 14.1. The van der Waals surface area contributed by atoms with E-state index in [1.54, 1.807) is 0 Å². The van der Waals surface area contributed by atoms with Gasteiger partial charge in [0.25, 0.3) is 0 Å². The zero-order chi connectivity index (χ0) is 28.4. The summed E-state index contributed by atoms with van der Waals surface area (Å²) in [6.07, 6.45) is 18.3. The molecule has 0 spiro atoms. The molecule has 2 atom stereocenters. The summed E-state index contributed by atoms with van der Waals surface area (Å²) in [7, 11) is 3.13. The molecule has 0 saturated carbocycles. The van der Waals surface area contributed by atoms with Crippen LogP contribution in [-0.4, -0.2) is 25.0 Å². The first-order valence-electron chi connectivity index (χ1n) is 13.7. The molecule has 0 fully saturated rings. The molecule has 0 bridgehead atoms. The summed E-state index contributed by atoms with van der Waals surface area (Å²) < 4.78 is 0. The molecule has 0 aromatic heterocycles. The van der Waals surface area contributed by atoms with E-state index in [4.69, 9.17) is 0 Å². The first-order chi connectivity index (χ1) is 20.1. The number of allylic oxidation sites excluding steroid dienone is 7. The third-order valence-corrected chi connectivity index (χ3v) is 11.7. The number of hydrogen-bond donors (Lipinski definition) is 0. The molecular weight excluding hydrogens is 588 g/mol. The molecule has 0 amide bonds. The minimum absolute atomic E-state index is 0. The summed E-state index contributed by atoms with van der Waals surface area (Å²) in [5, 5.41) is 7.86. The molecule has 3 aromatic rings. The topological polar surface area (TPSA) is 3.24 Å². The third-order valence-electron chi connectivity index (χ3n) is 6.89. The largest absolute Gasteiger partial charge is 2.00 e. The Kier molecular flexibility index (Phi) is 11.9. The Balaban J connectivity index is 0.000000193. The first kappa shape index (κ1) is 31.6. The molecule has 0 N–H and O–H groups in total. The van der Waals surface area contributed by atoms with Gasteiger partial charge in [0.1, 0.15) is 0 Å². The molecule has 3 aliphatic carbocycles. The van der Waals surface area contributed by atoms with E-state index in [2.05, 4.69) is 177 Å². The van der Waals surface area contributed by atoms with E-state index in [1.807, 2.05) is 12.1 Å². The fraction of sp³-hybridized carbons (Fsp3) is 0.105. The van der Waals surface area contributed by atoms with Gasteiger partial charge in [0.15, 0.2) is 0 Å². The van der Waals surface area contributed by atoms with Gasteiger partial charge >= 0.3 is 17.1 Å². The van der Waals surface area contributed by atoms with Crippen LogP contribution in [-0.2, 0) is 17.1 Å². The van der Waals surface area contributed by atoms with Crippen molar-refractivity contribution in [2.45, 2.75) is 13.0 Å². The molecule has 1 nitrogen and oxygen atoms in total. The van der Waals surface area contributed by atoms with Crippen LogP contribution in [0.15, 0.2) is 166 Å². The van der Waals surface area contributed by atoms with Crippen LogP contribution in [0.2, 0.25) is 0 Å². The van der Waals surface area contributed by atoms with E-state index in [-0.39, 0.29) is 17.1 Å². The van der Waals surface area contributed by atoms with Gasteiger partial charge in [-0.3, -0.25) is 11.5 Å². The summed E-state index contributed by atoms with van der Waals surface area (Å²) in [6, 6.07) is 32.2. The standard InChI is InChI=1S/C21H22NP.C17H10P.Fe/c1-17(22(2)3)20-15-10-16-21(20)23(18-11-6-4-7-12-18)19-13-8-5-9-14-19;1-3-9-15(10-4-1)18(17-13-7-8-14-17)16-11-5-2-6-12-16;/h4-14,16-17H,1-3H3;1-6,9-12H;/q2*-1;+2/t17-;;/m1../s1. The van der Waals surface area contributed by atoms with Gasteiger partial charge in [-0.25, -0.2) is 5.73 Å². The maximum absolute atomic E-state index is 3.48. The number of rotatable bonds is 8. The van der Waals surface area contributed by atoms with Crippen molar-refractivity contribution in [3.63, 3.8) is 0 Å². The van der Waals surface area contributed by atoms with Crippen molar-refractivity contribution in [2.24, 2.45) is 0 Å². The van der Waals surface area contributed by atoms with E-state index in [1.165, 1.54) is 32.1 Å². The monoisotopic (exact) mass is 620 g/mol. The molecule has 0 heterocycles. The van der Waals surface area contributed by atoms with Crippen LogP contribution in [0.25, 0.3) is 0 Å². The zero-order valence-corrected chi connectivity index (χ0v) is 26.9. The number of likely N-dealkylation sites (N-methyl/N-ethyl adjacent to an activating group) is 1. The fourth-order valence-electron chi connectivity index (χ4n) is 4.63. The average Bonchev–Trinajstić information content (AvgIpc) is 3.73. The SMILES string of the molecule is C1=C=[C-]C(P(c2ccccc2)c2ccccc2)=C=1.C[C@H](C1=C=CC=C1P(C1=C[CH]C=C[CH-]1)c1ccccc1)N(C)C.[Fe+2]. The van der Waals surface area contributed by atoms with E-state index in [0.717, 1.165) is 5.31 Å². The van der Waals surface area contributed by atoms with Crippen molar-refractivity contribution < 1.29 is 17.1 Å². The normalized spacial score (nSPS) is 15.6. The van der Waals surface area contributed by atoms with Gasteiger partial charge in [-0.05, 0) is 70.2 Å². The van der Waals surface area contributed by atoms with Crippen molar-refractivity contribution in [3.05, 3.63) is 185 Å². The van der Waals surface area contributed by atoms with Gasteiger partial charge in [-0.15, -0.1) is 23.5 Å². The molecule has 3 aromatic carbocycles. The maximum Gasteiger partial charge on any atom is 2.00 e. The van der Waals surface area contributed by atoms with Crippen molar-refractivity contribution >= 4 is 31.8 Å². The molecule has 207 valence electrons. The molecule has 4 heteroatoms. The van der Waals surface area contributed by atoms with E-state index in [9.17, 15) is 0 Å². The van der Waals surface area contributed by atoms with Gasteiger partial charge in [-0.2, -0.15) is 24.6 Å². The second-order valence-electron chi connectivity index (χ2n) is 9.78. The second kappa shape index (κ2) is 15.8. The summed E-state index contributed by atoms with van der Waals surface area (Å²) >= 11 is 0. The van der Waals surface area contributed by atoms with Crippen molar-refractivity contribution in [1.29, 1.82) is 0 Å². The van der Waals surface area contributed by atoms with E-state index in [0.29, 0.717) is 6.04 Å². The van der Waals surface area contributed by atoms with Crippen LogP contribution >= 0.6 is 15.8 Å². The Morgan fingerprint density at radius 3 is 1.83 bits per heavy atom. The van der Waals surface area contributed by atoms with Gasteiger partial charge in [0.05, 0.1) is 0 Å². The summed E-state index contributed by atoms with van der Waals surface area (Å²) in [5.74, 6) is 0. The van der Waals surface area contributed by atoms with Crippen LogP contribution in [0.3, 0.4) is 0 Å². The maximum atomic E-state index is 3.48. The summed E-state index contributed by atoms with van der Waals surface area (Å²) in [5.41, 5.74) is 13.6. The Hall–Kier alpha value is -3.31. The van der Waals surface area contributed by atoms with E-state index < -0.39 is 15.8 Å². The Morgan fingerprint density at radius 1 is 0.786 bits per heavy atom. The molecule has 6 rings (SSSR count). The van der Waals surface area contributed by atoms with Crippen LogP contribution in [0, 0.1) is 18.9 Å². The smallest absolute Gasteiger partial charge is 0.302 e. The van der Waals surface area contributed by atoms with E-state index >= 15 is 0 Å².